The molecule has 0 bridgehead atoms. The lowest BCUT2D eigenvalue weighted by Crippen LogP contribution is -2.24. The molecule has 0 spiro atoms. The maximum Gasteiger partial charge on any atom is 0.359 e. The molecule has 25 heavy (non-hydrogen) atoms. The van der Waals surface area contributed by atoms with E-state index in [4.69, 9.17) is 28.2 Å². The Balaban J connectivity index is 1.93. The molecule has 0 aliphatic rings. The molecule has 4 aromatic rings. The van der Waals surface area contributed by atoms with Crippen molar-refractivity contribution >= 4 is 29.7 Å². The molecule has 0 atom stereocenters. The van der Waals surface area contributed by atoms with Gasteiger partial charge in [0.15, 0.2) is 0 Å². The number of rotatable bonds is 2. The molecule has 2 heterocycles. The van der Waals surface area contributed by atoms with Crippen LogP contribution in [-0.4, -0.2) is 19.2 Å². The average Bonchev–Trinajstić information content (AvgIpc) is 3.01. The van der Waals surface area contributed by atoms with Gasteiger partial charge in [-0.3, -0.25) is 0 Å². The summed E-state index contributed by atoms with van der Waals surface area (Å²) >= 11 is 11.2. The van der Waals surface area contributed by atoms with Crippen molar-refractivity contribution in [1.82, 2.24) is 19.2 Å². The van der Waals surface area contributed by atoms with E-state index in [0.717, 1.165) is 4.57 Å². The van der Waals surface area contributed by atoms with Gasteiger partial charge in [0.05, 0.1) is 5.69 Å². The van der Waals surface area contributed by atoms with Gasteiger partial charge in [0.2, 0.25) is 10.7 Å². The van der Waals surface area contributed by atoms with E-state index in [1.165, 1.54) is 28.8 Å². The van der Waals surface area contributed by atoms with Crippen LogP contribution in [0.1, 0.15) is 0 Å². The number of hydrogen-bond donors (Lipinski definition) is 0. The highest BCUT2D eigenvalue weighted by molar-refractivity contribution is 7.71. The van der Waals surface area contributed by atoms with Crippen LogP contribution in [0.15, 0.2) is 57.7 Å². The normalized spacial score (nSPS) is 11.1. The molecule has 4 rings (SSSR count). The summed E-state index contributed by atoms with van der Waals surface area (Å²) in [4.78, 5) is 16.2. The lowest BCUT2D eigenvalue weighted by atomic mass is 10.2. The molecule has 0 N–H and O–H groups in total. The third kappa shape index (κ3) is 2.75. The van der Waals surface area contributed by atoms with Gasteiger partial charge >= 0.3 is 11.5 Å². The van der Waals surface area contributed by atoms with Crippen molar-refractivity contribution in [1.29, 1.82) is 0 Å². The van der Waals surface area contributed by atoms with Crippen LogP contribution in [0, 0.1) is 10.6 Å². The molecule has 6 nitrogen and oxygen atoms in total. The minimum atomic E-state index is -0.643. The molecular formula is C16H8ClFN4O2S. The molecule has 0 unspecified atom stereocenters. The van der Waals surface area contributed by atoms with Gasteiger partial charge in [-0.15, -0.1) is 10.1 Å². The minimum Gasteiger partial charge on any atom is -0.403 e. The highest BCUT2D eigenvalue weighted by Crippen LogP contribution is 2.21. The molecular weight excluding hydrogens is 367 g/mol. The number of fused-ring (bicyclic) bond motifs is 1. The predicted molar refractivity (Wildman–Crippen MR) is 92.1 cm³/mol. The summed E-state index contributed by atoms with van der Waals surface area (Å²) in [6.45, 7) is 0. The van der Waals surface area contributed by atoms with Gasteiger partial charge in [-0.25, -0.2) is 13.8 Å². The van der Waals surface area contributed by atoms with Crippen molar-refractivity contribution in [2.75, 3.05) is 0 Å². The van der Waals surface area contributed by atoms with E-state index in [2.05, 4.69) is 10.1 Å². The molecule has 2 aromatic heterocycles. The van der Waals surface area contributed by atoms with E-state index in [0.29, 0.717) is 16.3 Å². The summed E-state index contributed by atoms with van der Waals surface area (Å²) in [5.41, 5.74) is 0.398. The minimum absolute atomic E-state index is 0.0293. The van der Waals surface area contributed by atoms with E-state index in [9.17, 15) is 9.18 Å². The third-order valence-corrected chi connectivity index (χ3v) is 4.10. The second-order valence-electron chi connectivity index (χ2n) is 5.10. The molecule has 9 heteroatoms. The van der Waals surface area contributed by atoms with Crippen LogP contribution in [0.2, 0.25) is 5.02 Å². The first-order valence-corrected chi connectivity index (χ1v) is 7.86. The molecule has 0 saturated carbocycles. The smallest absolute Gasteiger partial charge is 0.359 e. The zero-order valence-electron chi connectivity index (χ0n) is 12.4. The van der Waals surface area contributed by atoms with E-state index < -0.39 is 11.5 Å². The van der Waals surface area contributed by atoms with Crippen molar-refractivity contribution in [3.8, 4) is 17.1 Å². The van der Waals surface area contributed by atoms with E-state index in [1.54, 1.807) is 24.3 Å². The highest BCUT2D eigenvalue weighted by atomic mass is 35.5. The molecule has 0 saturated heterocycles. The van der Waals surface area contributed by atoms with Crippen LogP contribution < -0.4 is 5.69 Å². The number of benzene rings is 2. The van der Waals surface area contributed by atoms with Crippen molar-refractivity contribution in [2.45, 2.75) is 0 Å². The fourth-order valence-corrected chi connectivity index (χ4v) is 2.74. The van der Waals surface area contributed by atoms with Crippen LogP contribution in [0.3, 0.4) is 0 Å². The largest absolute Gasteiger partial charge is 0.403 e. The topological polar surface area (TPSA) is 65.3 Å². The maximum absolute atomic E-state index is 13.1. The summed E-state index contributed by atoms with van der Waals surface area (Å²) in [6, 6.07) is 12.2. The highest BCUT2D eigenvalue weighted by Gasteiger charge is 2.14. The van der Waals surface area contributed by atoms with Gasteiger partial charge in [0, 0.05) is 10.6 Å². The lowest BCUT2D eigenvalue weighted by Gasteiger charge is -2.04. The molecule has 2 aromatic carbocycles. The van der Waals surface area contributed by atoms with Crippen LogP contribution in [0.5, 0.6) is 0 Å². The van der Waals surface area contributed by atoms with Gasteiger partial charge < -0.3 is 4.42 Å². The molecule has 0 aliphatic heterocycles. The standard InChI is InChI=1S/C16H8ClFN4O2S/c17-10-3-1-9(2-4-10)13-20-22-15(24-13)19-14(23)21(16(22)25)12-7-5-11(18)6-8-12/h1-8H. The van der Waals surface area contributed by atoms with Crippen molar-refractivity contribution in [2.24, 2.45) is 0 Å². The second-order valence-corrected chi connectivity index (χ2v) is 5.90. The number of nitrogens with zero attached hydrogens (tertiary/aromatic N) is 4. The van der Waals surface area contributed by atoms with Crippen molar-refractivity contribution in [3.63, 3.8) is 0 Å². The Bertz CT molecular complexity index is 1200. The van der Waals surface area contributed by atoms with Gasteiger partial charge in [-0.05, 0) is 60.7 Å². The molecule has 0 fully saturated rings. The lowest BCUT2D eigenvalue weighted by molar-refractivity contribution is 0.593. The maximum atomic E-state index is 13.1. The SMILES string of the molecule is O=c1nc2oc(-c3ccc(Cl)cc3)nn2c(=S)n1-c1ccc(F)cc1. The van der Waals surface area contributed by atoms with E-state index >= 15 is 0 Å². The monoisotopic (exact) mass is 374 g/mol. The van der Waals surface area contributed by atoms with Crippen LogP contribution in [0.4, 0.5) is 4.39 Å². The Morgan fingerprint density at radius 1 is 1.08 bits per heavy atom. The van der Waals surface area contributed by atoms with E-state index in [1.807, 2.05) is 0 Å². The van der Waals surface area contributed by atoms with Crippen molar-refractivity contribution < 1.29 is 8.81 Å². The molecule has 124 valence electrons. The zero-order valence-corrected chi connectivity index (χ0v) is 14.0. The molecule has 0 aliphatic carbocycles. The summed E-state index contributed by atoms with van der Waals surface area (Å²) in [7, 11) is 0. The van der Waals surface area contributed by atoms with Crippen LogP contribution in [0.25, 0.3) is 23.0 Å². The van der Waals surface area contributed by atoms with Gasteiger partial charge in [-0.1, -0.05) is 11.6 Å². The van der Waals surface area contributed by atoms with Gasteiger partial charge in [-0.2, -0.15) is 4.52 Å². The fraction of sp³-hybridized carbons (Fsp3) is 0. The third-order valence-electron chi connectivity index (χ3n) is 3.49. The van der Waals surface area contributed by atoms with E-state index in [-0.39, 0.29) is 16.5 Å². The average molecular weight is 375 g/mol. The summed E-state index contributed by atoms with van der Waals surface area (Å²) in [5.74, 6) is -0.208. The Morgan fingerprint density at radius 2 is 1.76 bits per heavy atom. The number of halogens is 2. The Hall–Kier alpha value is -2.84. The predicted octanol–water partition coefficient (Wildman–Crippen LogP) is 3.66. The van der Waals surface area contributed by atoms with Gasteiger partial charge in [0.1, 0.15) is 5.82 Å². The first-order valence-electron chi connectivity index (χ1n) is 7.08. The first kappa shape index (κ1) is 15.7. The number of hydrogen-bond acceptors (Lipinski definition) is 5. The summed E-state index contributed by atoms with van der Waals surface area (Å²) < 4.78 is 21.1. The second kappa shape index (κ2) is 5.91. The van der Waals surface area contributed by atoms with Crippen molar-refractivity contribution in [3.05, 3.63) is 74.6 Å². The van der Waals surface area contributed by atoms with Crippen LogP contribution in [-0.2, 0) is 0 Å². The summed E-state index contributed by atoms with van der Waals surface area (Å²) in [5, 5.41) is 4.84. The summed E-state index contributed by atoms with van der Waals surface area (Å²) in [6.07, 6.45) is 0. The van der Waals surface area contributed by atoms with Gasteiger partial charge in [0.25, 0.3) is 0 Å². The Kier molecular flexibility index (Phi) is 3.70. The first-order chi connectivity index (χ1) is 12.0. The number of aromatic nitrogens is 4. The molecule has 0 radical (unpaired) electrons. The fourth-order valence-electron chi connectivity index (χ4n) is 2.31. The van der Waals surface area contributed by atoms with Crippen LogP contribution >= 0.6 is 23.8 Å². The Morgan fingerprint density at radius 3 is 2.44 bits per heavy atom. The zero-order chi connectivity index (χ0) is 17.6. The quantitative estimate of drug-likeness (QED) is 0.501. The Labute approximate surface area is 149 Å². The molecule has 0 amide bonds.